The highest BCUT2D eigenvalue weighted by Crippen LogP contribution is 2.26. The second-order valence-corrected chi connectivity index (χ2v) is 5.69. The van der Waals surface area contributed by atoms with Crippen LogP contribution in [0.4, 0.5) is 0 Å². The number of carboxylic acid groups (broad SMARTS) is 1. The van der Waals surface area contributed by atoms with Gasteiger partial charge in [0.1, 0.15) is 5.76 Å². The molecule has 2 aromatic rings. The molecule has 0 bridgehead atoms. The maximum atomic E-state index is 12.5. The molecular formula is C17H19NO4. The number of aryl methyl sites for hydroxylation is 1. The van der Waals surface area contributed by atoms with Crippen molar-refractivity contribution in [2.45, 2.75) is 32.7 Å². The quantitative estimate of drug-likeness (QED) is 0.890. The van der Waals surface area contributed by atoms with Gasteiger partial charge in [0.05, 0.1) is 12.0 Å². The van der Waals surface area contributed by atoms with E-state index in [1.165, 1.54) is 6.07 Å². The van der Waals surface area contributed by atoms with Gasteiger partial charge in [-0.15, -0.1) is 0 Å². The molecule has 1 amide bonds. The molecule has 116 valence electrons. The van der Waals surface area contributed by atoms with Crippen LogP contribution in [0.15, 0.2) is 40.8 Å². The Morgan fingerprint density at radius 2 is 1.86 bits per heavy atom. The second kappa shape index (κ2) is 6.05. The van der Waals surface area contributed by atoms with Crippen LogP contribution in [0.3, 0.4) is 0 Å². The highest BCUT2D eigenvalue weighted by molar-refractivity contribution is 5.87. The van der Waals surface area contributed by atoms with E-state index in [2.05, 4.69) is 5.32 Å². The largest absolute Gasteiger partial charge is 0.475 e. The summed E-state index contributed by atoms with van der Waals surface area (Å²) in [5.74, 6) is -0.998. The predicted molar refractivity (Wildman–Crippen MR) is 81.7 cm³/mol. The van der Waals surface area contributed by atoms with Crippen LogP contribution < -0.4 is 5.32 Å². The lowest BCUT2D eigenvalue weighted by Crippen LogP contribution is -2.40. The fraction of sp³-hybridized carbons (Fsp3) is 0.294. The zero-order chi connectivity index (χ0) is 16.3. The predicted octanol–water partition coefficient (Wildman–Crippen LogP) is 2.88. The number of amides is 1. The highest BCUT2D eigenvalue weighted by Gasteiger charge is 2.30. The zero-order valence-electron chi connectivity index (χ0n) is 12.8. The fourth-order valence-corrected chi connectivity index (χ4v) is 2.37. The van der Waals surface area contributed by atoms with Crippen molar-refractivity contribution in [1.82, 2.24) is 5.32 Å². The first-order valence-electron chi connectivity index (χ1n) is 6.99. The fourth-order valence-electron chi connectivity index (χ4n) is 2.37. The molecule has 2 rings (SSSR count). The minimum atomic E-state index is -1.13. The smallest absolute Gasteiger partial charge is 0.371 e. The molecule has 1 heterocycles. The van der Waals surface area contributed by atoms with E-state index < -0.39 is 11.4 Å². The summed E-state index contributed by atoms with van der Waals surface area (Å²) >= 11 is 0. The molecular weight excluding hydrogens is 282 g/mol. The van der Waals surface area contributed by atoms with E-state index in [9.17, 15) is 9.59 Å². The standard InChI is InChI=1S/C17H19NO4/c1-11-6-4-5-7-13(11)17(2,3)16(21)18-10-12-8-9-14(22-12)15(19)20/h4-9H,10H2,1-3H3,(H,18,21)(H,19,20). The number of hydrogen-bond donors (Lipinski definition) is 2. The lowest BCUT2D eigenvalue weighted by atomic mass is 9.81. The van der Waals surface area contributed by atoms with Crippen molar-refractivity contribution in [3.8, 4) is 0 Å². The van der Waals surface area contributed by atoms with E-state index in [4.69, 9.17) is 9.52 Å². The van der Waals surface area contributed by atoms with Gasteiger partial charge in [0.25, 0.3) is 0 Å². The number of aromatic carboxylic acids is 1. The number of hydrogen-bond acceptors (Lipinski definition) is 3. The van der Waals surface area contributed by atoms with Gasteiger partial charge in [0.2, 0.25) is 11.7 Å². The van der Waals surface area contributed by atoms with Crippen LogP contribution in [0.2, 0.25) is 0 Å². The molecule has 0 aliphatic heterocycles. The first-order chi connectivity index (χ1) is 10.3. The maximum Gasteiger partial charge on any atom is 0.371 e. The monoisotopic (exact) mass is 301 g/mol. The average molecular weight is 301 g/mol. The van der Waals surface area contributed by atoms with Crippen molar-refractivity contribution in [3.05, 3.63) is 59.0 Å². The van der Waals surface area contributed by atoms with Gasteiger partial charge in [-0.2, -0.15) is 0 Å². The molecule has 5 nitrogen and oxygen atoms in total. The van der Waals surface area contributed by atoms with Crippen LogP contribution in [-0.2, 0) is 16.8 Å². The summed E-state index contributed by atoms with van der Waals surface area (Å²) in [5, 5.41) is 11.6. The van der Waals surface area contributed by atoms with E-state index in [0.717, 1.165) is 11.1 Å². The van der Waals surface area contributed by atoms with Crippen LogP contribution in [0.25, 0.3) is 0 Å². The second-order valence-electron chi connectivity index (χ2n) is 5.69. The highest BCUT2D eigenvalue weighted by atomic mass is 16.4. The maximum absolute atomic E-state index is 12.5. The van der Waals surface area contributed by atoms with Gasteiger partial charge >= 0.3 is 5.97 Å². The minimum absolute atomic E-state index is 0.137. The summed E-state index contributed by atoms with van der Waals surface area (Å²) in [6, 6.07) is 10.7. The number of carbonyl (C=O) groups excluding carboxylic acids is 1. The van der Waals surface area contributed by atoms with Crippen molar-refractivity contribution < 1.29 is 19.1 Å². The molecule has 0 spiro atoms. The Bertz CT molecular complexity index is 700. The van der Waals surface area contributed by atoms with Gasteiger partial charge in [-0.3, -0.25) is 4.79 Å². The Labute approximate surface area is 129 Å². The molecule has 0 radical (unpaired) electrons. The summed E-state index contributed by atoms with van der Waals surface area (Å²) in [4.78, 5) is 23.2. The Morgan fingerprint density at radius 1 is 1.18 bits per heavy atom. The molecule has 1 aromatic carbocycles. The SMILES string of the molecule is Cc1ccccc1C(C)(C)C(=O)NCc1ccc(C(=O)O)o1. The Hall–Kier alpha value is -2.56. The molecule has 0 unspecified atom stereocenters. The molecule has 0 saturated heterocycles. The summed E-state index contributed by atoms with van der Waals surface area (Å²) in [7, 11) is 0. The first kappa shape index (κ1) is 15.8. The molecule has 1 aromatic heterocycles. The Morgan fingerprint density at radius 3 is 2.45 bits per heavy atom. The van der Waals surface area contributed by atoms with E-state index in [0.29, 0.717) is 5.76 Å². The van der Waals surface area contributed by atoms with E-state index in [1.807, 2.05) is 45.0 Å². The Kier molecular flexibility index (Phi) is 4.35. The van der Waals surface area contributed by atoms with Crippen LogP contribution >= 0.6 is 0 Å². The van der Waals surface area contributed by atoms with E-state index >= 15 is 0 Å². The number of nitrogens with one attached hydrogen (secondary N) is 1. The molecule has 5 heteroatoms. The number of carbonyl (C=O) groups is 2. The molecule has 0 aliphatic rings. The van der Waals surface area contributed by atoms with Gasteiger partial charge in [-0.05, 0) is 44.0 Å². The number of benzene rings is 1. The van der Waals surface area contributed by atoms with E-state index in [-0.39, 0.29) is 18.2 Å². The van der Waals surface area contributed by atoms with Crippen molar-refractivity contribution in [2.75, 3.05) is 0 Å². The molecule has 0 atom stereocenters. The van der Waals surface area contributed by atoms with Gasteiger partial charge in [-0.1, -0.05) is 24.3 Å². The van der Waals surface area contributed by atoms with E-state index in [1.54, 1.807) is 6.07 Å². The van der Waals surface area contributed by atoms with Crippen LogP contribution in [0.1, 0.15) is 41.3 Å². The molecule has 0 aliphatic carbocycles. The van der Waals surface area contributed by atoms with Crippen molar-refractivity contribution in [3.63, 3.8) is 0 Å². The van der Waals surface area contributed by atoms with Crippen molar-refractivity contribution >= 4 is 11.9 Å². The number of rotatable bonds is 5. The zero-order valence-corrected chi connectivity index (χ0v) is 12.8. The van der Waals surface area contributed by atoms with Crippen LogP contribution in [0, 0.1) is 6.92 Å². The molecule has 22 heavy (non-hydrogen) atoms. The minimum Gasteiger partial charge on any atom is -0.475 e. The lowest BCUT2D eigenvalue weighted by molar-refractivity contribution is -0.125. The summed E-state index contributed by atoms with van der Waals surface area (Å²) in [5.41, 5.74) is 1.32. The van der Waals surface area contributed by atoms with Crippen molar-refractivity contribution in [1.29, 1.82) is 0 Å². The third kappa shape index (κ3) is 3.19. The first-order valence-corrected chi connectivity index (χ1v) is 6.99. The molecule has 0 saturated carbocycles. The van der Waals surface area contributed by atoms with Crippen LogP contribution in [-0.4, -0.2) is 17.0 Å². The number of furan rings is 1. The molecule has 2 N–H and O–H groups in total. The van der Waals surface area contributed by atoms with Gasteiger partial charge in [-0.25, -0.2) is 4.79 Å². The Balaban J connectivity index is 2.07. The van der Waals surface area contributed by atoms with Gasteiger partial charge < -0.3 is 14.8 Å². The summed E-state index contributed by atoms with van der Waals surface area (Å²) < 4.78 is 5.12. The topological polar surface area (TPSA) is 79.5 Å². The summed E-state index contributed by atoms with van der Waals surface area (Å²) in [6.07, 6.45) is 0. The third-order valence-corrected chi connectivity index (χ3v) is 3.68. The van der Waals surface area contributed by atoms with Crippen LogP contribution in [0.5, 0.6) is 0 Å². The third-order valence-electron chi connectivity index (χ3n) is 3.68. The van der Waals surface area contributed by atoms with Gasteiger partial charge in [0.15, 0.2) is 0 Å². The summed E-state index contributed by atoms with van der Waals surface area (Å²) in [6.45, 7) is 5.84. The lowest BCUT2D eigenvalue weighted by Gasteiger charge is -2.25. The average Bonchev–Trinajstić information content (AvgIpc) is 2.94. The molecule has 0 fully saturated rings. The van der Waals surface area contributed by atoms with Gasteiger partial charge in [0, 0.05) is 0 Å². The number of carboxylic acids is 1. The van der Waals surface area contributed by atoms with Crippen molar-refractivity contribution in [2.24, 2.45) is 0 Å². The normalized spacial score (nSPS) is 11.2.